The molecule has 1 N–H and O–H groups in total. The van der Waals surface area contributed by atoms with E-state index >= 15 is 0 Å². The molecule has 4 nitrogen and oxygen atoms in total. The first-order valence-corrected chi connectivity index (χ1v) is 9.72. The minimum Gasteiger partial charge on any atom is -0.339 e. The molecule has 0 radical (unpaired) electrons. The highest BCUT2D eigenvalue weighted by atomic mass is 16.2. The van der Waals surface area contributed by atoms with E-state index in [0.717, 1.165) is 92.3 Å². The summed E-state index contributed by atoms with van der Waals surface area (Å²) in [6.45, 7) is 4.04. The van der Waals surface area contributed by atoms with Crippen LogP contribution >= 0.6 is 0 Å². The highest BCUT2D eigenvalue weighted by Gasteiger charge is 2.33. The van der Waals surface area contributed by atoms with Crippen LogP contribution in [0.5, 0.6) is 0 Å². The smallest absolute Gasteiger partial charge is 0.254 e. The zero-order valence-electron chi connectivity index (χ0n) is 14.6. The van der Waals surface area contributed by atoms with E-state index in [1.807, 2.05) is 18.2 Å². The van der Waals surface area contributed by atoms with Gasteiger partial charge < -0.3 is 10.2 Å². The summed E-state index contributed by atoms with van der Waals surface area (Å²) < 4.78 is 0. The van der Waals surface area contributed by atoms with Crippen molar-refractivity contribution in [1.29, 1.82) is 0 Å². The number of rotatable bonds is 1. The van der Waals surface area contributed by atoms with Crippen LogP contribution in [-0.4, -0.2) is 42.0 Å². The van der Waals surface area contributed by atoms with Gasteiger partial charge in [0.1, 0.15) is 0 Å². The first kappa shape index (κ1) is 15.3. The Morgan fingerprint density at radius 3 is 2.64 bits per heavy atom. The minimum atomic E-state index is 0.240. The van der Waals surface area contributed by atoms with Crippen molar-refractivity contribution in [1.82, 2.24) is 15.2 Å². The molecular formula is C21H25N3O. The molecule has 4 heteroatoms. The molecule has 0 saturated carbocycles. The molecule has 3 aliphatic rings. The second-order valence-corrected chi connectivity index (χ2v) is 7.83. The van der Waals surface area contributed by atoms with Crippen LogP contribution < -0.4 is 5.32 Å². The summed E-state index contributed by atoms with van der Waals surface area (Å²) >= 11 is 0. The van der Waals surface area contributed by atoms with E-state index in [9.17, 15) is 4.79 Å². The molecule has 1 aromatic carbocycles. The number of hydrogen-bond acceptors (Lipinski definition) is 3. The number of pyridine rings is 1. The molecule has 2 saturated heterocycles. The number of aryl methyl sites for hydroxylation is 1. The lowest BCUT2D eigenvalue weighted by Crippen LogP contribution is -2.33. The number of nitrogens with zero attached hydrogens (tertiary/aromatic N) is 2. The number of fused-ring (bicyclic) bond motifs is 3. The maximum Gasteiger partial charge on any atom is 0.254 e. The van der Waals surface area contributed by atoms with Gasteiger partial charge in [0.15, 0.2) is 0 Å². The lowest BCUT2D eigenvalue weighted by Gasteiger charge is -2.23. The third-order valence-electron chi connectivity index (χ3n) is 6.44. The molecule has 25 heavy (non-hydrogen) atoms. The monoisotopic (exact) mass is 335 g/mol. The average molecular weight is 335 g/mol. The summed E-state index contributed by atoms with van der Waals surface area (Å²) in [4.78, 5) is 20.5. The Hall–Kier alpha value is -1.94. The number of likely N-dealkylation sites (tertiary alicyclic amines) is 1. The van der Waals surface area contributed by atoms with Gasteiger partial charge in [0.25, 0.3) is 5.91 Å². The minimum absolute atomic E-state index is 0.240. The Balaban J connectivity index is 1.53. The molecule has 2 atom stereocenters. The van der Waals surface area contributed by atoms with Gasteiger partial charge in [-0.3, -0.25) is 9.78 Å². The van der Waals surface area contributed by atoms with Crippen molar-refractivity contribution in [2.75, 3.05) is 26.2 Å². The van der Waals surface area contributed by atoms with E-state index in [1.54, 1.807) is 0 Å². The molecule has 1 aromatic heterocycles. The molecule has 2 aliphatic heterocycles. The Kier molecular flexibility index (Phi) is 3.74. The molecule has 2 aromatic rings. The number of nitrogens with one attached hydrogen (secondary N) is 1. The van der Waals surface area contributed by atoms with Crippen LogP contribution in [0.25, 0.3) is 10.9 Å². The van der Waals surface area contributed by atoms with Crippen LogP contribution in [0.1, 0.15) is 40.9 Å². The predicted octanol–water partition coefficient (Wildman–Crippen LogP) is 2.80. The van der Waals surface area contributed by atoms with E-state index in [2.05, 4.69) is 16.3 Å². The summed E-state index contributed by atoms with van der Waals surface area (Å²) in [7, 11) is 0. The topological polar surface area (TPSA) is 45.2 Å². The molecule has 0 unspecified atom stereocenters. The van der Waals surface area contributed by atoms with Crippen LogP contribution in [-0.2, 0) is 12.8 Å². The van der Waals surface area contributed by atoms with Gasteiger partial charge in [-0.15, -0.1) is 0 Å². The van der Waals surface area contributed by atoms with Crippen molar-refractivity contribution in [2.24, 2.45) is 11.8 Å². The number of carbonyl (C=O) groups is 1. The van der Waals surface area contributed by atoms with Gasteiger partial charge in [-0.1, -0.05) is 18.2 Å². The molecule has 3 heterocycles. The number of aromatic nitrogens is 1. The van der Waals surface area contributed by atoms with Gasteiger partial charge in [0.05, 0.1) is 11.1 Å². The van der Waals surface area contributed by atoms with Gasteiger partial charge in [0, 0.05) is 24.2 Å². The number of para-hydroxylation sites is 1. The van der Waals surface area contributed by atoms with Crippen molar-refractivity contribution in [3.63, 3.8) is 0 Å². The number of carbonyl (C=O) groups excluding carboxylic acids is 1. The van der Waals surface area contributed by atoms with Crippen LogP contribution in [0.2, 0.25) is 0 Å². The summed E-state index contributed by atoms with van der Waals surface area (Å²) in [5, 5.41) is 4.56. The molecule has 130 valence electrons. The molecular weight excluding hydrogens is 310 g/mol. The molecule has 2 fully saturated rings. The van der Waals surface area contributed by atoms with Crippen molar-refractivity contribution in [2.45, 2.75) is 32.1 Å². The lowest BCUT2D eigenvalue weighted by atomic mass is 9.92. The first-order chi connectivity index (χ1) is 12.3. The van der Waals surface area contributed by atoms with Gasteiger partial charge in [0.2, 0.25) is 0 Å². The third kappa shape index (κ3) is 2.54. The maximum absolute atomic E-state index is 13.5. The fourth-order valence-electron chi connectivity index (χ4n) is 5.03. The van der Waals surface area contributed by atoms with Crippen molar-refractivity contribution in [3.8, 4) is 0 Å². The van der Waals surface area contributed by atoms with Gasteiger partial charge in [-0.05, 0) is 68.7 Å². The SMILES string of the molecule is O=C(c1c2c(nc3ccccc13)CCC2)N1CC[C@@H]2CNC[C@@H]2CC1. The third-order valence-corrected chi connectivity index (χ3v) is 6.44. The van der Waals surface area contributed by atoms with Crippen LogP contribution in [0.4, 0.5) is 0 Å². The predicted molar refractivity (Wildman–Crippen MR) is 98.8 cm³/mol. The van der Waals surface area contributed by atoms with Crippen LogP contribution in [0.15, 0.2) is 24.3 Å². The largest absolute Gasteiger partial charge is 0.339 e. The van der Waals surface area contributed by atoms with Crippen LogP contribution in [0.3, 0.4) is 0 Å². The molecule has 0 bridgehead atoms. The molecule has 1 aliphatic carbocycles. The summed E-state index contributed by atoms with van der Waals surface area (Å²) in [5.74, 6) is 1.74. The fourth-order valence-corrected chi connectivity index (χ4v) is 5.03. The fraction of sp³-hybridized carbons (Fsp3) is 0.524. The highest BCUT2D eigenvalue weighted by molar-refractivity contribution is 6.07. The average Bonchev–Trinajstić information content (AvgIpc) is 3.24. The quantitative estimate of drug-likeness (QED) is 0.872. The van der Waals surface area contributed by atoms with Gasteiger partial charge in [-0.2, -0.15) is 0 Å². The van der Waals surface area contributed by atoms with E-state index < -0.39 is 0 Å². The second-order valence-electron chi connectivity index (χ2n) is 7.83. The number of amides is 1. The Morgan fingerprint density at radius 2 is 1.84 bits per heavy atom. The van der Waals surface area contributed by atoms with Crippen molar-refractivity contribution < 1.29 is 4.79 Å². The molecule has 1 amide bonds. The van der Waals surface area contributed by atoms with E-state index in [1.165, 1.54) is 5.56 Å². The summed E-state index contributed by atoms with van der Waals surface area (Å²) in [6, 6.07) is 8.17. The van der Waals surface area contributed by atoms with Gasteiger partial charge >= 0.3 is 0 Å². The van der Waals surface area contributed by atoms with Crippen molar-refractivity contribution >= 4 is 16.8 Å². The molecule has 0 spiro atoms. The Bertz CT molecular complexity index is 817. The number of hydrogen-bond donors (Lipinski definition) is 1. The molecule has 5 rings (SSSR count). The summed E-state index contributed by atoms with van der Waals surface area (Å²) in [6.07, 6.45) is 5.39. The number of benzene rings is 1. The highest BCUT2D eigenvalue weighted by Crippen LogP contribution is 2.33. The van der Waals surface area contributed by atoms with Crippen LogP contribution in [0, 0.1) is 11.8 Å². The van der Waals surface area contributed by atoms with E-state index in [-0.39, 0.29) is 5.91 Å². The Morgan fingerprint density at radius 1 is 1.08 bits per heavy atom. The van der Waals surface area contributed by atoms with E-state index in [4.69, 9.17) is 4.98 Å². The van der Waals surface area contributed by atoms with E-state index in [0.29, 0.717) is 0 Å². The van der Waals surface area contributed by atoms with Crippen molar-refractivity contribution in [3.05, 3.63) is 41.1 Å². The normalized spacial score (nSPS) is 25.7. The zero-order valence-corrected chi connectivity index (χ0v) is 14.6. The Labute approximate surface area is 148 Å². The standard InChI is InChI=1S/C21H25N3O/c25-21(24-10-8-14-12-22-13-15(14)9-11-24)20-16-4-1-2-6-18(16)23-19-7-3-5-17(19)20/h1-2,4,6,14-15,22H,3,5,7-13H2/t14-,15+. The first-order valence-electron chi connectivity index (χ1n) is 9.72. The lowest BCUT2D eigenvalue weighted by molar-refractivity contribution is 0.0759. The maximum atomic E-state index is 13.5. The summed E-state index contributed by atoms with van der Waals surface area (Å²) in [5.41, 5.74) is 4.29. The van der Waals surface area contributed by atoms with Gasteiger partial charge in [-0.25, -0.2) is 0 Å². The second kappa shape index (κ2) is 6.10. The zero-order chi connectivity index (χ0) is 16.8.